The Hall–Kier alpha value is -3.67. The van der Waals surface area contributed by atoms with Gasteiger partial charge >= 0.3 is 0 Å². The highest BCUT2D eigenvalue weighted by Gasteiger charge is 2.13. The summed E-state index contributed by atoms with van der Waals surface area (Å²) in [5.41, 5.74) is 4.92. The van der Waals surface area contributed by atoms with E-state index in [2.05, 4.69) is 53.4 Å². The van der Waals surface area contributed by atoms with Gasteiger partial charge in [-0.3, -0.25) is 4.90 Å². The number of oxazole rings is 1. The van der Waals surface area contributed by atoms with Crippen molar-refractivity contribution in [2.45, 2.75) is 0 Å². The molecule has 0 unspecified atom stereocenters. The van der Waals surface area contributed by atoms with E-state index < -0.39 is 0 Å². The van der Waals surface area contributed by atoms with Gasteiger partial charge in [-0.25, -0.2) is 4.98 Å². The van der Waals surface area contributed by atoms with Gasteiger partial charge in [0.2, 0.25) is 5.89 Å². The average Bonchev–Trinajstić information content (AvgIpc) is 3.33. The monoisotopic (exact) mass is 450 g/mol. The molecule has 0 aliphatic carbocycles. The van der Waals surface area contributed by atoms with E-state index in [1.54, 1.807) is 0 Å². The second kappa shape index (κ2) is 9.29. The molecule has 2 heterocycles. The van der Waals surface area contributed by atoms with Crippen molar-refractivity contribution in [3.05, 3.63) is 84.9 Å². The van der Waals surface area contributed by atoms with Gasteiger partial charge < -0.3 is 13.9 Å². The summed E-state index contributed by atoms with van der Waals surface area (Å²) in [5.74, 6) is 1.51. The summed E-state index contributed by atoms with van der Waals surface area (Å²) < 4.78 is 17.6. The molecule has 1 saturated heterocycles. The van der Waals surface area contributed by atoms with Crippen molar-refractivity contribution < 1.29 is 13.9 Å². The summed E-state index contributed by atoms with van der Waals surface area (Å²) >= 11 is 0. The highest BCUT2D eigenvalue weighted by atomic mass is 16.5. The van der Waals surface area contributed by atoms with Crippen molar-refractivity contribution in [2.24, 2.45) is 0 Å². The largest absolute Gasteiger partial charge is 0.492 e. The number of ether oxygens (including phenoxy) is 2. The molecule has 0 radical (unpaired) electrons. The molecule has 170 valence electrons. The van der Waals surface area contributed by atoms with Crippen molar-refractivity contribution >= 4 is 21.9 Å². The minimum absolute atomic E-state index is 0.631. The summed E-state index contributed by atoms with van der Waals surface area (Å²) in [5, 5.41) is 2.20. The van der Waals surface area contributed by atoms with Crippen LogP contribution < -0.4 is 4.74 Å². The maximum absolute atomic E-state index is 6.16. The van der Waals surface area contributed by atoms with Crippen LogP contribution in [0.2, 0.25) is 0 Å². The summed E-state index contributed by atoms with van der Waals surface area (Å²) in [6.45, 7) is 5.14. The number of nitrogens with zero attached hydrogens (tertiary/aromatic N) is 2. The first kappa shape index (κ1) is 20.9. The van der Waals surface area contributed by atoms with E-state index in [0.717, 1.165) is 71.6 Å². The summed E-state index contributed by atoms with van der Waals surface area (Å²) in [4.78, 5) is 7.20. The normalized spacial score (nSPS) is 14.6. The van der Waals surface area contributed by atoms with Crippen LogP contribution in [0.5, 0.6) is 5.75 Å². The van der Waals surface area contributed by atoms with E-state index in [0.29, 0.717) is 12.5 Å². The molecular formula is C29H26N2O3. The van der Waals surface area contributed by atoms with E-state index in [9.17, 15) is 0 Å². The van der Waals surface area contributed by atoms with Crippen LogP contribution in [-0.4, -0.2) is 49.3 Å². The standard InChI is InChI=1S/C29H26N2O3/c1-2-5-21(6-3-1)22-9-12-28-27(20-22)30-29(34-28)26-8-4-7-23-19-24(10-11-25(23)26)33-18-15-31-13-16-32-17-14-31/h1-12,19-20H,13-18H2. The van der Waals surface area contributed by atoms with Gasteiger partial charge in [-0.1, -0.05) is 48.5 Å². The SMILES string of the molecule is c1ccc(-c2ccc3oc(-c4cccc5cc(OCCN6CCOCC6)ccc45)nc3c2)cc1. The molecular weight excluding hydrogens is 424 g/mol. The van der Waals surface area contributed by atoms with E-state index in [4.69, 9.17) is 18.9 Å². The molecule has 0 N–H and O–H groups in total. The molecule has 1 aromatic heterocycles. The fraction of sp³-hybridized carbons (Fsp3) is 0.207. The van der Waals surface area contributed by atoms with E-state index in [1.807, 2.05) is 36.4 Å². The number of hydrogen-bond donors (Lipinski definition) is 0. The minimum Gasteiger partial charge on any atom is -0.492 e. The Kier molecular flexibility index (Phi) is 5.71. The second-order valence-corrected chi connectivity index (χ2v) is 8.56. The van der Waals surface area contributed by atoms with Crippen molar-refractivity contribution in [3.63, 3.8) is 0 Å². The van der Waals surface area contributed by atoms with Crippen LogP contribution in [0, 0.1) is 0 Å². The lowest BCUT2D eigenvalue weighted by Crippen LogP contribution is -2.38. The van der Waals surface area contributed by atoms with Gasteiger partial charge in [-0.15, -0.1) is 0 Å². The van der Waals surface area contributed by atoms with Gasteiger partial charge in [0.1, 0.15) is 17.9 Å². The molecule has 1 aliphatic rings. The van der Waals surface area contributed by atoms with Crippen molar-refractivity contribution in [1.29, 1.82) is 0 Å². The summed E-state index contributed by atoms with van der Waals surface area (Å²) in [6, 6.07) is 28.9. The molecule has 1 fully saturated rings. The first-order valence-corrected chi connectivity index (χ1v) is 11.8. The number of morpholine rings is 1. The Morgan fingerprint density at radius 2 is 1.71 bits per heavy atom. The summed E-state index contributed by atoms with van der Waals surface area (Å²) in [6.07, 6.45) is 0. The molecule has 0 amide bonds. The average molecular weight is 451 g/mol. The van der Waals surface area contributed by atoms with Crippen molar-refractivity contribution in [2.75, 3.05) is 39.5 Å². The lowest BCUT2D eigenvalue weighted by Gasteiger charge is -2.26. The Morgan fingerprint density at radius 1 is 0.824 bits per heavy atom. The molecule has 4 aromatic carbocycles. The fourth-order valence-corrected chi connectivity index (χ4v) is 4.51. The number of rotatable bonds is 6. The topological polar surface area (TPSA) is 47.7 Å². The molecule has 5 aromatic rings. The minimum atomic E-state index is 0.631. The molecule has 6 rings (SSSR count). The van der Waals surface area contributed by atoms with Gasteiger partial charge in [-0.05, 0) is 58.3 Å². The van der Waals surface area contributed by atoms with Gasteiger partial charge in [0, 0.05) is 25.2 Å². The Labute approximate surface area is 198 Å². The lowest BCUT2D eigenvalue weighted by atomic mass is 10.0. The third-order valence-electron chi connectivity index (χ3n) is 6.36. The summed E-state index contributed by atoms with van der Waals surface area (Å²) in [7, 11) is 0. The molecule has 5 heteroatoms. The third-order valence-corrected chi connectivity index (χ3v) is 6.36. The highest BCUT2D eigenvalue weighted by molar-refractivity contribution is 5.96. The van der Waals surface area contributed by atoms with Crippen LogP contribution in [0.15, 0.2) is 89.3 Å². The first-order chi connectivity index (χ1) is 16.8. The molecule has 0 bridgehead atoms. The number of aromatic nitrogens is 1. The predicted molar refractivity (Wildman–Crippen MR) is 135 cm³/mol. The molecule has 5 nitrogen and oxygen atoms in total. The Balaban J connectivity index is 1.25. The molecule has 0 atom stereocenters. The maximum Gasteiger partial charge on any atom is 0.227 e. The zero-order chi connectivity index (χ0) is 22.7. The highest BCUT2D eigenvalue weighted by Crippen LogP contribution is 2.33. The Morgan fingerprint density at radius 3 is 2.59 bits per heavy atom. The first-order valence-electron chi connectivity index (χ1n) is 11.8. The number of hydrogen-bond acceptors (Lipinski definition) is 5. The smallest absolute Gasteiger partial charge is 0.227 e. The predicted octanol–water partition coefficient (Wildman–Crippen LogP) is 6.03. The quantitative estimate of drug-likeness (QED) is 0.316. The van der Waals surface area contributed by atoms with Crippen molar-refractivity contribution in [1.82, 2.24) is 9.88 Å². The van der Waals surface area contributed by atoms with Gasteiger partial charge in [-0.2, -0.15) is 0 Å². The van der Waals surface area contributed by atoms with Gasteiger partial charge in [0.15, 0.2) is 5.58 Å². The Bertz CT molecular complexity index is 1420. The van der Waals surface area contributed by atoms with Crippen LogP contribution >= 0.6 is 0 Å². The number of fused-ring (bicyclic) bond motifs is 2. The van der Waals surface area contributed by atoms with Gasteiger partial charge in [0.25, 0.3) is 0 Å². The zero-order valence-corrected chi connectivity index (χ0v) is 18.9. The van der Waals surface area contributed by atoms with Crippen LogP contribution in [0.3, 0.4) is 0 Å². The van der Waals surface area contributed by atoms with Crippen LogP contribution in [-0.2, 0) is 4.74 Å². The fourth-order valence-electron chi connectivity index (χ4n) is 4.51. The van der Waals surface area contributed by atoms with E-state index >= 15 is 0 Å². The van der Waals surface area contributed by atoms with E-state index in [-0.39, 0.29) is 0 Å². The molecule has 1 aliphatic heterocycles. The molecule has 0 spiro atoms. The zero-order valence-electron chi connectivity index (χ0n) is 18.9. The van der Waals surface area contributed by atoms with Crippen molar-refractivity contribution in [3.8, 4) is 28.3 Å². The van der Waals surface area contributed by atoms with Crippen LogP contribution in [0.4, 0.5) is 0 Å². The molecule has 34 heavy (non-hydrogen) atoms. The molecule has 0 saturated carbocycles. The lowest BCUT2D eigenvalue weighted by molar-refractivity contribution is 0.0322. The third kappa shape index (κ3) is 4.28. The van der Waals surface area contributed by atoms with E-state index in [1.165, 1.54) is 5.56 Å². The number of benzene rings is 4. The van der Waals surface area contributed by atoms with Crippen LogP contribution in [0.1, 0.15) is 0 Å². The van der Waals surface area contributed by atoms with Crippen LogP contribution in [0.25, 0.3) is 44.5 Å². The van der Waals surface area contributed by atoms with Gasteiger partial charge in [0.05, 0.1) is 13.2 Å². The second-order valence-electron chi connectivity index (χ2n) is 8.56. The maximum atomic E-state index is 6.16.